The third-order valence-corrected chi connectivity index (χ3v) is 7.79. The molecule has 0 fully saturated rings. The molecule has 0 amide bonds. The highest BCUT2D eigenvalue weighted by molar-refractivity contribution is 9.10. The average molecular weight is 625 g/mol. The molecule has 1 aliphatic heterocycles. The van der Waals surface area contributed by atoms with Gasteiger partial charge in [0, 0.05) is 39.7 Å². The minimum atomic E-state index is -1.53. The molecule has 3 heterocycles. The fraction of sp³-hybridized carbons (Fsp3) is 0.355. The summed E-state index contributed by atoms with van der Waals surface area (Å²) in [6, 6.07) is 17.1. The van der Waals surface area contributed by atoms with Gasteiger partial charge in [-0.25, -0.2) is 4.98 Å². The number of para-hydroxylation sites is 1. The van der Waals surface area contributed by atoms with Crippen molar-refractivity contribution in [2.45, 2.75) is 17.9 Å². The molecular formula is C31H34BrN3O6. The van der Waals surface area contributed by atoms with Crippen molar-refractivity contribution < 1.29 is 28.8 Å². The lowest BCUT2D eigenvalue weighted by molar-refractivity contribution is 0.00214. The van der Waals surface area contributed by atoms with Crippen LogP contribution in [0.3, 0.4) is 0 Å². The standard InChI is InChI=1S/C31H34BrN3O6/c1-35(2)12-11-31(36,20-17-26(37-3)34-27(18-20)38-4)28(22-7-6-8-25-29(22)41-14-13-40-25)23-16-19-15-21(32)9-10-24(19)33-30(23)39-5/h6-10,15-18,28,36H,11-14H2,1-5H3/t28-,31-/m1/s1. The normalized spacial score (nSPS) is 14.9. The summed E-state index contributed by atoms with van der Waals surface area (Å²) in [6.45, 7) is 1.41. The molecule has 4 aromatic rings. The van der Waals surface area contributed by atoms with Crippen LogP contribution in [-0.4, -0.2) is 75.2 Å². The maximum absolute atomic E-state index is 13.1. The van der Waals surface area contributed by atoms with E-state index < -0.39 is 11.5 Å². The number of ether oxygens (including phenoxy) is 5. The molecule has 0 saturated heterocycles. The first-order valence-corrected chi connectivity index (χ1v) is 14.1. The van der Waals surface area contributed by atoms with Crippen molar-refractivity contribution in [2.75, 3.05) is 55.2 Å². The lowest BCUT2D eigenvalue weighted by atomic mass is 9.71. The minimum Gasteiger partial charge on any atom is -0.486 e. The largest absolute Gasteiger partial charge is 0.486 e. The summed E-state index contributed by atoms with van der Waals surface area (Å²) in [5.41, 5.74) is 1.24. The van der Waals surface area contributed by atoms with Crippen LogP contribution in [0.15, 0.2) is 59.1 Å². The Morgan fingerprint density at radius 1 is 0.927 bits per heavy atom. The van der Waals surface area contributed by atoms with Crippen LogP contribution in [0.5, 0.6) is 29.1 Å². The van der Waals surface area contributed by atoms with Crippen molar-refractivity contribution in [1.29, 1.82) is 0 Å². The number of pyridine rings is 2. The smallest absolute Gasteiger partial charge is 0.217 e. The molecule has 0 saturated carbocycles. The van der Waals surface area contributed by atoms with E-state index in [-0.39, 0.29) is 0 Å². The van der Waals surface area contributed by atoms with Gasteiger partial charge in [0.1, 0.15) is 18.8 Å². The average Bonchev–Trinajstić information content (AvgIpc) is 2.99. The van der Waals surface area contributed by atoms with Gasteiger partial charge in [-0.1, -0.05) is 28.1 Å². The number of hydrogen-bond donors (Lipinski definition) is 1. The van der Waals surface area contributed by atoms with Gasteiger partial charge in [0.15, 0.2) is 11.5 Å². The topological polar surface area (TPSA) is 95.4 Å². The molecule has 0 radical (unpaired) electrons. The molecule has 216 valence electrons. The summed E-state index contributed by atoms with van der Waals surface area (Å²) in [6.07, 6.45) is 0.338. The van der Waals surface area contributed by atoms with Gasteiger partial charge < -0.3 is 33.7 Å². The van der Waals surface area contributed by atoms with Gasteiger partial charge in [-0.3, -0.25) is 0 Å². The quantitative estimate of drug-likeness (QED) is 0.257. The highest BCUT2D eigenvalue weighted by atomic mass is 79.9. The van der Waals surface area contributed by atoms with E-state index in [0.29, 0.717) is 66.4 Å². The lowest BCUT2D eigenvalue weighted by Crippen LogP contribution is -2.38. The fourth-order valence-corrected chi connectivity index (χ4v) is 5.69. The van der Waals surface area contributed by atoms with Crippen molar-refractivity contribution >= 4 is 26.8 Å². The van der Waals surface area contributed by atoms with Crippen LogP contribution < -0.4 is 23.7 Å². The van der Waals surface area contributed by atoms with Crippen LogP contribution in [-0.2, 0) is 5.60 Å². The van der Waals surface area contributed by atoms with Crippen molar-refractivity contribution in [1.82, 2.24) is 14.9 Å². The summed E-state index contributed by atoms with van der Waals surface area (Å²) in [5, 5.41) is 14.0. The maximum atomic E-state index is 13.1. The van der Waals surface area contributed by atoms with E-state index in [1.807, 2.05) is 61.5 Å². The molecule has 2 atom stereocenters. The first-order chi connectivity index (χ1) is 19.8. The molecule has 0 aliphatic carbocycles. The second kappa shape index (κ2) is 12.1. The van der Waals surface area contributed by atoms with Gasteiger partial charge >= 0.3 is 0 Å². The van der Waals surface area contributed by atoms with Crippen molar-refractivity contribution in [3.8, 4) is 29.1 Å². The number of hydrogen-bond acceptors (Lipinski definition) is 9. The molecule has 5 rings (SSSR count). The van der Waals surface area contributed by atoms with Gasteiger partial charge in [-0.15, -0.1) is 0 Å². The predicted octanol–water partition coefficient (Wildman–Crippen LogP) is 5.16. The first-order valence-electron chi connectivity index (χ1n) is 13.3. The van der Waals surface area contributed by atoms with Crippen LogP contribution in [0.25, 0.3) is 10.9 Å². The van der Waals surface area contributed by atoms with Crippen molar-refractivity contribution in [2.24, 2.45) is 0 Å². The zero-order chi connectivity index (χ0) is 29.1. The predicted molar refractivity (Wildman–Crippen MR) is 160 cm³/mol. The Balaban J connectivity index is 1.86. The van der Waals surface area contributed by atoms with E-state index in [1.54, 1.807) is 19.2 Å². The molecule has 2 aromatic carbocycles. The Morgan fingerprint density at radius 2 is 1.66 bits per heavy atom. The third kappa shape index (κ3) is 5.77. The Bertz CT molecular complexity index is 1530. The molecule has 1 aliphatic rings. The van der Waals surface area contributed by atoms with Gasteiger partial charge in [-0.2, -0.15) is 4.98 Å². The first kappa shape index (κ1) is 28.9. The Kier molecular flexibility index (Phi) is 8.53. The molecule has 0 unspecified atom stereocenters. The summed E-state index contributed by atoms with van der Waals surface area (Å²) >= 11 is 3.59. The molecule has 1 N–H and O–H groups in total. The van der Waals surface area contributed by atoms with Gasteiger partial charge in [0.2, 0.25) is 17.6 Å². The molecule has 9 nitrogen and oxygen atoms in total. The summed E-state index contributed by atoms with van der Waals surface area (Å²) < 4.78 is 30.0. The molecule has 41 heavy (non-hydrogen) atoms. The molecule has 0 bridgehead atoms. The number of fused-ring (bicyclic) bond motifs is 2. The molecule has 2 aromatic heterocycles. The highest BCUT2D eigenvalue weighted by Gasteiger charge is 2.45. The van der Waals surface area contributed by atoms with E-state index >= 15 is 0 Å². The Morgan fingerprint density at radius 3 is 2.34 bits per heavy atom. The van der Waals surface area contributed by atoms with E-state index in [0.717, 1.165) is 20.9 Å². The summed E-state index contributed by atoms with van der Waals surface area (Å²) in [7, 11) is 8.61. The molecule has 0 spiro atoms. The number of halogens is 1. The fourth-order valence-electron chi connectivity index (χ4n) is 5.31. The number of aliphatic hydroxyl groups is 1. The van der Waals surface area contributed by atoms with Crippen LogP contribution in [0.2, 0.25) is 0 Å². The zero-order valence-electron chi connectivity index (χ0n) is 23.8. The maximum Gasteiger partial charge on any atom is 0.217 e. The van der Waals surface area contributed by atoms with Crippen LogP contribution >= 0.6 is 15.9 Å². The van der Waals surface area contributed by atoms with E-state index in [9.17, 15) is 5.11 Å². The van der Waals surface area contributed by atoms with Gasteiger partial charge in [0.25, 0.3) is 0 Å². The van der Waals surface area contributed by atoms with E-state index in [2.05, 4.69) is 20.9 Å². The second-order valence-corrected chi connectivity index (χ2v) is 11.1. The van der Waals surface area contributed by atoms with Crippen LogP contribution in [0, 0.1) is 0 Å². The number of nitrogens with zero attached hydrogens (tertiary/aromatic N) is 3. The highest BCUT2D eigenvalue weighted by Crippen LogP contribution is 2.52. The number of benzene rings is 2. The Hall–Kier alpha value is -3.60. The van der Waals surface area contributed by atoms with Crippen molar-refractivity contribution in [3.63, 3.8) is 0 Å². The van der Waals surface area contributed by atoms with Crippen LogP contribution in [0.4, 0.5) is 0 Å². The zero-order valence-corrected chi connectivity index (χ0v) is 25.4. The van der Waals surface area contributed by atoms with E-state index in [4.69, 9.17) is 28.7 Å². The SMILES string of the molecule is COc1cc([C@](O)(CCN(C)C)[C@@H](c2cc3cc(Br)ccc3nc2OC)c2cccc3c2OCCO3)cc(OC)n1. The van der Waals surface area contributed by atoms with E-state index in [1.165, 1.54) is 14.2 Å². The molecule has 10 heteroatoms. The number of aromatic nitrogens is 2. The summed E-state index contributed by atoms with van der Waals surface area (Å²) in [4.78, 5) is 11.3. The second-order valence-electron chi connectivity index (χ2n) is 10.1. The monoisotopic (exact) mass is 623 g/mol. The lowest BCUT2D eigenvalue weighted by Gasteiger charge is -2.40. The number of rotatable bonds is 10. The third-order valence-electron chi connectivity index (χ3n) is 7.30. The van der Waals surface area contributed by atoms with Gasteiger partial charge in [0.05, 0.1) is 32.8 Å². The Labute approximate surface area is 248 Å². The minimum absolute atomic E-state index is 0.323. The summed E-state index contributed by atoms with van der Waals surface area (Å²) in [5.74, 6) is 1.54. The van der Waals surface area contributed by atoms with Crippen molar-refractivity contribution in [3.05, 3.63) is 75.8 Å². The van der Waals surface area contributed by atoms with Gasteiger partial charge in [-0.05, 0) is 56.4 Å². The molecular weight excluding hydrogens is 590 g/mol. The number of methoxy groups -OCH3 is 3. The van der Waals surface area contributed by atoms with Crippen LogP contribution in [0.1, 0.15) is 29.0 Å².